The lowest BCUT2D eigenvalue weighted by Gasteiger charge is -2.56. The van der Waals surface area contributed by atoms with Gasteiger partial charge < -0.3 is 14.6 Å². The Kier molecular flexibility index (Phi) is 5.83. The fraction of sp³-hybridized carbons (Fsp3) is 0.742. The molecule has 6 aliphatic rings. The molecule has 0 amide bonds. The zero-order chi connectivity index (χ0) is 25.5. The molecule has 5 aliphatic carbocycles. The largest absolute Gasteiger partial charge is 0.393 e. The monoisotopic (exact) mass is 494 g/mol. The molecule has 9 atom stereocenters. The van der Waals surface area contributed by atoms with Gasteiger partial charge in [0, 0.05) is 23.7 Å². The summed E-state index contributed by atoms with van der Waals surface area (Å²) >= 11 is 0. The summed E-state index contributed by atoms with van der Waals surface area (Å²) in [5, 5.41) is 11.7. The highest BCUT2D eigenvalue weighted by atomic mass is 16.7. The minimum absolute atomic E-state index is 0.0426. The summed E-state index contributed by atoms with van der Waals surface area (Å²) in [6, 6.07) is 0. The van der Waals surface area contributed by atoms with Gasteiger partial charge in [-0.3, -0.25) is 9.59 Å². The summed E-state index contributed by atoms with van der Waals surface area (Å²) < 4.78 is 13.2. The topological polar surface area (TPSA) is 72.8 Å². The van der Waals surface area contributed by atoms with E-state index in [1.807, 2.05) is 12.2 Å². The molecule has 1 aliphatic heterocycles. The minimum atomic E-state index is -0.978. The smallest absolute Gasteiger partial charge is 0.178 e. The predicted molar refractivity (Wildman–Crippen MR) is 137 cm³/mol. The Hall–Kier alpha value is -1.56. The van der Waals surface area contributed by atoms with Crippen LogP contribution in [0.25, 0.3) is 0 Å². The van der Waals surface area contributed by atoms with Crippen LogP contribution in [0.5, 0.6) is 0 Å². The highest BCUT2D eigenvalue weighted by molar-refractivity contribution is 6.01. The maximum absolute atomic E-state index is 14.1. The zero-order valence-corrected chi connectivity index (χ0v) is 22.2. The van der Waals surface area contributed by atoms with Gasteiger partial charge in [0.15, 0.2) is 23.5 Å². The minimum Gasteiger partial charge on any atom is -0.393 e. The van der Waals surface area contributed by atoms with Gasteiger partial charge in [-0.25, -0.2) is 0 Å². The lowest BCUT2D eigenvalue weighted by atomic mass is 9.49. The number of Topliss-reactive ketones (excluding diaryl/α,β-unsaturated/α-hetero) is 1. The second kappa shape index (κ2) is 8.47. The molecule has 5 fully saturated rings. The van der Waals surface area contributed by atoms with Gasteiger partial charge in [0.05, 0.1) is 12.2 Å². The Morgan fingerprint density at radius 3 is 2.64 bits per heavy atom. The van der Waals surface area contributed by atoms with Crippen LogP contribution in [0.2, 0.25) is 0 Å². The maximum Gasteiger partial charge on any atom is 0.178 e. The molecule has 4 saturated carbocycles. The molecule has 0 aromatic carbocycles. The van der Waals surface area contributed by atoms with Crippen molar-refractivity contribution in [3.8, 4) is 0 Å². The molecule has 0 spiro atoms. The number of ketones is 2. The third-order valence-electron chi connectivity index (χ3n) is 10.4. The van der Waals surface area contributed by atoms with Gasteiger partial charge in [0.25, 0.3) is 0 Å². The molecule has 1 N–H and O–H groups in total. The first-order valence-corrected chi connectivity index (χ1v) is 14.2. The summed E-state index contributed by atoms with van der Waals surface area (Å²) in [7, 11) is 0. The molecular weight excluding hydrogens is 452 g/mol. The Bertz CT molecular complexity index is 1030. The van der Waals surface area contributed by atoms with Crippen molar-refractivity contribution in [1.29, 1.82) is 0 Å². The van der Waals surface area contributed by atoms with E-state index in [1.165, 1.54) is 19.3 Å². The highest BCUT2D eigenvalue weighted by Crippen LogP contribution is 2.65. The van der Waals surface area contributed by atoms with Crippen LogP contribution in [0.4, 0.5) is 0 Å². The number of hydrogen-bond acceptors (Lipinski definition) is 5. The van der Waals surface area contributed by atoms with Crippen LogP contribution in [0.15, 0.2) is 36.0 Å². The van der Waals surface area contributed by atoms with Gasteiger partial charge >= 0.3 is 0 Å². The number of aliphatic hydroxyl groups excluding tert-OH is 1. The van der Waals surface area contributed by atoms with Crippen molar-refractivity contribution >= 4 is 11.6 Å². The number of ether oxygens (including phenoxy) is 2. The number of carbonyl (C=O) groups excluding carboxylic acids is 2. The summed E-state index contributed by atoms with van der Waals surface area (Å²) in [5.41, 5.74) is -0.282. The molecule has 6 rings (SSSR count). The van der Waals surface area contributed by atoms with E-state index in [0.29, 0.717) is 18.8 Å². The molecule has 0 aromatic rings. The first kappa shape index (κ1) is 24.8. The van der Waals surface area contributed by atoms with E-state index >= 15 is 0 Å². The van der Waals surface area contributed by atoms with Crippen molar-refractivity contribution in [2.45, 2.75) is 103 Å². The van der Waals surface area contributed by atoms with Crippen molar-refractivity contribution < 1.29 is 24.2 Å². The van der Waals surface area contributed by atoms with Crippen molar-refractivity contribution in [3.63, 3.8) is 0 Å². The number of allylic oxidation sites excluding steroid dienone is 5. The van der Waals surface area contributed by atoms with E-state index < -0.39 is 18.0 Å². The molecule has 1 heterocycles. The summed E-state index contributed by atoms with van der Waals surface area (Å²) in [5.74, 6) is 1.35. The van der Waals surface area contributed by atoms with Gasteiger partial charge in [-0.2, -0.15) is 0 Å². The standard InChI is InChI=1S/C31H42O5/c1-29(2,3)17-25(34)31-23-16-24(33)28-21(10-9-19-14-20(32)12-13-30(19,28)4)22(23)15-26(31)35-27(36-31)11-8-18-6-5-7-18/h8,11-14,18,21-24,26-28,33H,5-7,9-10,15-17H2,1-4H3/b11-8+/t21-,22-,23?,24-,26+,27+,28+,30-,31+/m0/s1. The molecule has 0 radical (unpaired) electrons. The third-order valence-corrected chi connectivity index (χ3v) is 10.4. The average Bonchev–Trinajstić information content (AvgIpc) is 3.26. The number of fused-ring (bicyclic) bond motifs is 7. The summed E-state index contributed by atoms with van der Waals surface area (Å²) in [6.07, 6.45) is 15.8. The van der Waals surface area contributed by atoms with Crippen molar-refractivity contribution in [2.24, 2.45) is 40.4 Å². The van der Waals surface area contributed by atoms with Crippen molar-refractivity contribution in [3.05, 3.63) is 36.0 Å². The van der Waals surface area contributed by atoms with E-state index in [0.717, 1.165) is 24.8 Å². The highest BCUT2D eigenvalue weighted by Gasteiger charge is 2.70. The van der Waals surface area contributed by atoms with Crippen molar-refractivity contribution in [2.75, 3.05) is 0 Å². The van der Waals surface area contributed by atoms with E-state index in [2.05, 4.69) is 33.8 Å². The van der Waals surface area contributed by atoms with E-state index in [4.69, 9.17) is 9.47 Å². The Morgan fingerprint density at radius 1 is 1.17 bits per heavy atom. The lowest BCUT2D eigenvalue weighted by Crippen LogP contribution is -2.58. The third kappa shape index (κ3) is 3.75. The summed E-state index contributed by atoms with van der Waals surface area (Å²) in [4.78, 5) is 26.2. The summed E-state index contributed by atoms with van der Waals surface area (Å²) in [6.45, 7) is 8.49. The van der Waals surface area contributed by atoms with Crippen LogP contribution in [-0.2, 0) is 19.1 Å². The maximum atomic E-state index is 14.1. The zero-order valence-electron chi connectivity index (χ0n) is 22.2. The van der Waals surface area contributed by atoms with E-state index in [9.17, 15) is 14.7 Å². The van der Waals surface area contributed by atoms with Gasteiger partial charge in [-0.1, -0.05) is 51.8 Å². The number of carbonyl (C=O) groups is 2. The molecular formula is C31H42O5. The van der Waals surface area contributed by atoms with Crippen LogP contribution in [0.3, 0.4) is 0 Å². The van der Waals surface area contributed by atoms with Gasteiger partial charge in [-0.05, 0) is 79.9 Å². The molecule has 0 bridgehead atoms. The molecule has 5 nitrogen and oxygen atoms in total. The van der Waals surface area contributed by atoms with Crippen molar-refractivity contribution in [1.82, 2.24) is 0 Å². The fourth-order valence-corrected chi connectivity index (χ4v) is 8.63. The van der Waals surface area contributed by atoms with Crippen LogP contribution >= 0.6 is 0 Å². The number of rotatable bonds is 4. The Morgan fingerprint density at radius 2 is 1.94 bits per heavy atom. The first-order chi connectivity index (χ1) is 17.0. The van der Waals surface area contributed by atoms with Crippen LogP contribution < -0.4 is 0 Å². The predicted octanol–water partition coefficient (Wildman–Crippen LogP) is 5.33. The molecule has 1 unspecified atom stereocenters. The second-order valence-electron chi connectivity index (χ2n) is 13.9. The second-order valence-corrected chi connectivity index (χ2v) is 13.9. The molecule has 36 heavy (non-hydrogen) atoms. The molecule has 5 heteroatoms. The molecule has 1 saturated heterocycles. The SMILES string of the molecule is CC(C)(C)CC(=O)[C@@]12O[C@H](/C=C/C3CCC3)O[C@@H]1C[C@@H]1C2C[C@H](O)[C@H]2[C@H]1CCC1=CC(=O)C=C[C@@]12C. The van der Waals surface area contributed by atoms with Gasteiger partial charge in [0.2, 0.25) is 0 Å². The van der Waals surface area contributed by atoms with Crippen LogP contribution in [-0.4, -0.2) is 40.8 Å². The number of hydrogen-bond donors (Lipinski definition) is 1. The van der Waals surface area contributed by atoms with Crippen LogP contribution in [0, 0.1) is 40.4 Å². The number of aliphatic hydroxyl groups is 1. The Balaban J connectivity index is 1.32. The quantitative estimate of drug-likeness (QED) is 0.535. The Labute approximate surface area is 215 Å². The first-order valence-electron chi connectivity index (χ1n) is 14.2. The molecule has 0 aromatic heterocycles. The van der Waals surface area contributed by atoms with E-state index in [1.54, 1.807) is 12.2 Å². The van der Waals surface area contributed by atoms with Gasteiger partial charge in [-0.15, -0.1) is 0 Å². The van der Waals surface area contributed by atoms with E-state index in [-0.39, 0.29) is 52.2 Å². The van der Waals surface area contributed by atoms with Crippen LogP contribution in [0.1, 0.15) is 79.1 Å². The fourth-order valence-electron chi connectivity index (χ4n) is 8.63. The normalized spacial score (nSPS) is 46.1. The lowest BCUT2D eigenvalue weighted by molar-refractivity contribution is -0.166. The average molecular weight is 495 g/mol. The molecule has 196 valence electrons. The van der Waals surface area contributed by atoms with Gasteiger partial charge in [0.1, 0.15) is 0 Å².